The van der Waals surface area contributed by atoms with Crippen molar-refractivity contribution < 1.29 is 14.3 Å². The Morgan fingerprint density at radius 3 is 2.56 bits per heavy atom. The van der Waals surface area contributed by atoms with Gasteiger partial charge in [-0.3, -0.25) is 9.59 Å². The lowest BCUT2D eigenvalue weighted by Gasteiger charge is -2.25. The average Bonchev–Trinajstić information content (AvgIpc) is 3.22. The van der Waals surface area contributed by atoms with Crippen LogP contribution < -0.4 is 4.74 Å². The van der Waals surface area contributed by atoms with E-state index in [9.17, 15) is 9.59 Å². The number of rotatable bonds is 5. The van der Waals surface area contributed by atoms with Crippen molar-refractivity contribution in [3.05, 3.63) is 53.3 Å². The zero-order valence-corrected chi connectivity index (χ0v) is 15.0. The second-order valence-electron chi connectivity index (χ2n) is 6.44. The summed E-state index contributed by atoms with van der Waals surface area (Å²) in [5, 5.41) is 0. The van der Waals surface area contributed by atoms with E-state index in [-0.39, 0.29) is 17.7 Å². The van der Waals surface area contributed by atoms with E-state index >= 15 is 0 Å². The van der Waals surface area contributed by atoms with Crippen LogP contribution in [0, 0.1) is 0 Å². The Balaban J connectivity index is 1.83. The molecule has 25 heavy (non-hydrogen) atoms. The summed E-state index contributed by atoms with van der Waals surface area (Å²) in [7, 11) is 1.81. The SMILES string of the molecule is CCOc1ccc(C2CCCN2C(=O)c2cc(C(C)=O)cn2C)cc1. The first-order valence-corrected chi connectivity index (χ1v) is 8.72. The average molecular weight is 340 g/mol. The number of ether oxygens (including phenoxy) is 1. The van der Waals surface area contributed by atoms with E-state index in [1.54, 1.807) is 16.8 Å². The molecular formula is C20H24N2O3. The molecule has 1 aliphatic rings. The minimum Gasteiger partial charge on any atom is -0.494 e. The van der Waals surface area contributed by atoms with Crippen molar-refractivity contribution in [2.75, 3.05) is 13.2 Å². The van der Waals surface area contributed by atoms with Crippen molar-refractivity contribution in [3.63, 3.8) is 0 Å². The van der Waals surface area contributed by atoms with Crippen molar-refractivity contribution in [1.29, 1.82) is 0 Å². The van der Waals surface area contributed by atoms with E-state index in [2.05, 4.69) is 0 Å². The summed E-state index contributed by atoms with van der Waals surface area (Å²) in [4.78, 5) is 26.5. The number of carbonyl (C=O) groups is 2. The van der Waals surface area contributed by atoms with Crippen molar-refractivity contribution in [2.45, 2.75) is 32.7 Å². The van der Waals surface area contributed by atoms with Crippen molar-refractivity contribution in [2.24, 2.45) is 7.05 Å². The molecule has 5 heteroatoms. The van der Waals surface area contributed by atoms with Gasteiger partial charge in [-0.05, 0) is 50.5 Å². The molecular weight excluding hydrogens is 316 g/mol. The summed E-state index contributed by atoms with van der Waals surface area (Å²) < 4.78 is 7.23. The van der Waals surface area contributed by atoms with Crippen LogP contribution in [0.1, 0.15) is 59.1 Å². The molecule has 0 aliphatic carbocycles. The Hall–Kier alpha value is -2.56. The molecule has 1 saturated heterocycles. The summed E-state index contributed by atoms with van der Waals surface area (Å²) in [6.45, 7) is 4.85. The molecule has 2 aromatic rings. The Labute approximate surface area is 148 Å². The molecule has 0 spiro atoms. The van der Waals surface area contributed by atoms with E-state index in [0.717, 1.165) is 30.7 Å². The smallest absolute Gasteiger partial charge is 0.271 e. The molecule has 1 amide bonds. The number of aryl methyl sites for hydroxylation is 1. The Kier molecular flexibility index (Phi) is 4.93. The molecule has 0 N–H and O–H groups in total. The molecule has 0 saturated carbocycles. The Morgan fingerprint density at radius 1 is 1.24 bits per heavy atom. The molecule has 5 nitrogen and oxygen atoms in total. The van der Waals surface area contributed by atoms with Crippen LogP contribution in [-0.2, 0) is 7.05 Å². The van der Waals surface area contributed by atoms with E-state index < -0.39 is 0 Å². The molecule has 0 radical (unpaired) electrons. The number of aromatic nitrogens is 1. The lowest BCUT2D eigenvalue weighted by atomic mass is 10.0. The first-order valence-electron chi connectivity index (χ1n) is 8.72. The van der Waals surface area contributed by atoms with E-state index in [1.807, 2.05) is 43.1 Å². The molecule has 1 fully saturated rings. The third kappa shape index (κ3) is 3.45. The normalized spacial score (nSPS) is 16.9. The number of nitrogens with zero attached hydrogens (tertiary/aromatic N) is 2. The number of Topliss-reactive ketones (excluding diaryl/α,β-unsaturated/α-hetero) is 1. The molecule has 1 atom stereocenters. The van der Waals surface area contributed by atoms with Crippen molar-refractivity contribution >= 4 is 11.7 Å². The minimum atomic E-state index is -0.0286. The van der Waals surface area contributed by atoms with Crippen LogP contribution in [-0.4, -0.2) is 34.3 Å². The summed E-state index contributed by atoms with van der Waals surface area (Å²) >= 11 is 0. The van der Waals surface area contributed by atoms with Crippen molar-refractivity contribution in [3.8, 4) is 5.75 Å². The van der Waals surface area contributed by atoms with Gasteiger partial charge in [0.25, 0.3) is 5.91 Å². The maximum absolute atomic E-state index is 13.0. The van der Waals surface area contributed by atoms with Gasteiger partial charge < -0.3 is 14.2 Å². The second kappa shape index (κ2) is 7.13. The molecule has 3 rings (SSSR count). The van der Waals surface area contributed by atoms with Crippen LogP contribution in [0.15, 0.2) is 36.5 Å². The van der Waals surface area contributed by atoms with Gasteiger partial charge in [0.05, 0.1) is 12.6 Å². The Morgan fingerprint density at radius 2 is 1.96 bits per heavy atom. The first-order chi connectivity index (χ1) is 12.0. The largest absolute Gasteiger partial charge is 0.494 e. The number of carbonyl (C=O) groups excluding carboxylic acids is 2. The molecule has 2 heterocycles. The van der Waals surface area contributed by atoms with Gasteiger partial charge in [-0.25, -0.2) is 0 Å². The quantitative estimate of drug-likeness (QED) is 0.782. The Bertz CT molecular complexity index is 777. The monoisotopic (exact) mass is 340 g/mol. The van der Waals surface area contributed by atoms with Crippen LogP contribution in [0.2, 0.25) is 0 Å². The van der Waals surface area contributed by atoms with Crippen LogP contribution >= 0.6 is 0 Å². The second-order valence-corrected chi connectivity index (χ2v) is 6.44. The van der Waals surface area contributed by atoms with Crippen LogP contribution in [0.5, 0.6) is 5.75 Å². The van der Waals surface area contributed by atoms with Gasteiger partial charge in [-0.2, -0.15) is 0 Å². The fourth-order valence-corrected chi connectivity index (χ4v) is 3.43. The predicted octanol–water partition coefficient (Wildman–Crippen LogP) is 3.60. The zero-order chi connectivity index (χ0) is 18.0. The first kappa shape index (κ1) is 17.3. The van der Waals surface area contributed by atoms with Gasteiger partial charge in [0.2, 0.25) is 0 Å². The van der Waals surface area contributed by atoms with Crippen LogP contribution in [0.4, 0.5) is 0 Å². The lowest BCUT2D eigenvalue weighted by molar-refractivity contribution is 0.0726. The molecule has 1 aromatic carbocycles. The highest BCUT2D eigenvalue weighted by Gasteiger charge is 2.32. The van der Waals surface area contributed by atoms with Gasteiger partial charge in [0, 0.05) is 25.4 Å². The van der Waals surface area contributed by atoms with Gasteiger partial charge in [0.15, 0.2) is 5.78 Å². The molecule has 132 valence electrons. The number of benzene rings is 1. The molecule has 1 unspecified atom stereocenters. The number of hydrogen-bond donors (Lipinski definition) is 0. The topological polar surface area (TPSA) is 51.5 Å². The van der Waals surface area contributed by atoms with Crippen molar-refractivity contribution in [1.82, 2.24) is 9.47 Å². The van der Waals surface area contributed by atoms with Crippen LogP contribution in [0.25, 0.3) is 0 Å². The number of ketones is 1. The maximum atomic E-state index is 13.0. The lowest BCUT2D eigenvalue weighted by Crippen LogP contribution is -2.31. The third-order valence-electron chi connectivity index (χ3n) is 4.72. The van der Waals surface area contributed by atoms with E-state index in [4.69, 9.17) is 4.74 Å². The predicted molar refractivity (Wildman–Crippen MR) is 96.0 cm³/mol. The molecule has 1 aromatic heterocycles. The minimum absolute atomic E-state index is 0.0219. The number of likely N-dealkylation sites (tertiary alicyclic amines) is 1. The summed E-state index contributed by atoms with van der Waals surface area (Å²) in [5.41, 5.74) is 2.25. The fourth-order valence-electron chi connectivity index (χ4n) is 3.43. The summed E-state index contributed by atoms with van der Waals surface area (Å²) in [6, 6.07) is 9.74. The highest BCUT2D eigenvalue weighted by atomic mass is 16.5. The standard InChI is InChI=1S/C20H24N2O3/c1-4-25-17-9-7-15(8-10-17)18-6-5-11-22(18)20(24)19-12-16(14(2)23)13-21(19)3/h7-10,12-13,18H,4-6,11H2,1-3H3. The highest BCUT2D eigenvalue weighted by Crippen LogP contribution is 2.34. The highest BCUT2D eigenvalue weighted by molar-refractivity contribution is 5.99. The van der Waals surface area contributed by atoms with Gasteiger partial charge in [-0.15, -0.1) is 0 Å². The number of hydrogen-bond acceptors (Lipinski definition) is 3. The fraction of sp³-hybridized carbons (Fsp3) is 0.400. The van der Waals surface area contributed by atoms with E-state index in [0.29, 0.717) is 17.9 Å². The van der Waals surface area contributed by atoms with Crippen LogP contribution in [0.3, 0.4) is 0 Å². The number of amides is 1. The zero-order valence-electron chi connectivity index (χ0n) is 15.0. The third-order valence-corrected chi connectivity index (χ3v) is 4.72. The molecule has 1 aliphatic heterocycles. The summed E-state index contributed by atoms with van der Waals surface area (Å²) in [5.74, 6) is 0.793. The summed E-state index contributed by atoms with van der Waals surface area (Å²) in [6.07, 6.45) is 3.65. The molecule has 0 bridgehead atoms. The van der Waals surface area contributed by atoms with E-state index in [1.165, 1.54) is 6.92 Å². The van der Waals surface area contributed by atoms with Gasteiger partial charge >= 0.3 is 0 Å². The van der Waals surface area contributed by atoms with Gasteiger partial charge in [0.1, 0.15) is 11.4 Å². The van der Waals surface area contributed by atoms with Gasteiger partial charge in [-0.1, -0.05) is 12.1 Å². The maximum Gasteiger partial charge on any atom is 0.271 e.